The Hall–Kier alpha value is -1.88. The highest BCUT2D eigenvalue weighted by Gasteiger charge is 2.28. The molecule has 0 atom stereocenters. The van der Waals surface area contributed by atoms with Crippen LogP contribution in [-0.4, -0.2) is 35.0 Å². The van der Waals surface area contributed by atoms with Crippen molar-refractivity contribution in [2.45, 2.75) is 25.8 Å². The summed E-state index contributed by atoms with van der Waals surface area (Å²) in [5.41, 5.74) is 7.47. The largest absolute Gasteiger partial charge is 0.480 e. The summed E-state index contributed by atoms with van der Waals surface area (Å²) in [5, 5.41) is 8.92. The van der Waals surface area contributed by atoms with Crippen LogP contribution in [0.1, 0.15) is 24.0 Å². The minimum Gasteiger partial charge on any atom is -0.480 e. The zero-order chi connectivity index (χ0) is 14.5. The van der Waals surface area contributed by atoms with Crippen LogP contribution in [0.3, 0.4) is 0 Å². The van der Waals surface area contributed by atoms with E-state index in [1.165, 1.54) is 4.90 Å². The van der Waals surface area contributed by atoms with Crippen molar-refractivity contribution in [3.8, 4) is 0 Å². The van der Waals surface area contributed by atoms with E-state index in [0.29, 0.717) is 19.0 Å². The van der Waals surface area contributed by atoms with Crippen molar-refractivity contribution in [2.24, 2.45) is 11.7 Å². The molecule has 3 N–H and O–H groups in total. The summed E-state index contributed by atoms with van der Waals surface area (Å²) in [7, 11) is 0. The summed E-state index contributed by atoms with van der Waals surface area (Å²) >= 11 is 0. The van der Waals surface area contributed by atoms with E-state index < -0.39 is 5.97 Å². The van der Waals surface area contributed by atoms with E-state index in [1.807, 2.05) is 24.3 Å². The Morgan fingerprint density at radius 2 is 1.90 bits per heavy atom. The topological polar surface area (TPSA) is 83.6 Å². The summed E-state index contributed by atoms with van der Waals surface area (Å²) in [6.07, 6.45) is 2.39. The number of nitrogens with zero attached hydrogens (tertiary/aromatic N) is 1. The maximum atomic E-state index is 12.3. The van der Waals surface area contributed by atoms with Gasteiger partial charge >= 0.3 is 5.97 Å². The molecular formula is C15H20N2O3. The van der Waals surface area contributed by atoms with Gasteiger partial charge in [-0.3, -0.25) is 9.59 Å². The van der Waals surface area contributed by atoms with Gasteiger partial charge in [0, 0.05) is 13.1 Å². The minimum absolute atomic E-state index is 0.139. The van der Waals surface area contributed by atoms with Crippen LogP contribution in [0.5, 0.6) is 0 Å². The molecule has 1 saturated carbocycles. The summed E-state index contributed by atoms with van der Waals surface area (Å²) < 4.78 is 0. The molecule has 5 heteroatoms. The second-order valence-corrected chi connectivity index (χ2v) is 5.26. The monoisotopic (exact) mass is 276 g/mol. The van der Waals surface area contributed by atoms with Gasteiger partial charge in [0.15, 0.2) is 0 Å². The quantitative estimate of drug-likeness (QED) is 0.778. The van der Waals surface area contributed by atoms with E-state index >= 15 is 0 Å². The molecule has 1 fully saturated rings. The zero-order valence-corrected chi connectivity index (χ0v) is 11.4. The van der Waals surface area contributed by atoms with E-state index in [-0.39, 0.29) is 18.9 Å². The summed E-state index contributed by atoms with van der Waals surface area (Å²) in [5.74, 6) is -0.630. The number of carbonyl (C=O) groups excluding carboxylic acids is 1. The van der Waals surface area contributed by atoms with Crippen LogP contribution in [0.4, 0.5) is 0 Å². The first kappa shape index (κ1) is 14.5. The Balaban J connectivity index is 2.04. The molecule has 1 amide bonds. The first-order valence-electron chi connectivity index (χ1n) is 6.86. The van der Waals surface area contributed by atoms with E-state index in [4.69, 9.17) is 10.8 Å². The maximum Gasteiger partial charge on any atom is 0.323 e. The standard InChI is InChI=1S/C15H20N2O3/c16-8-13-4-2-1-3-12(13)7-14(18)17(10-15(19)20)9-11-5-6-11/h1-4,11H,5-10,16H2,(H,19,20). The number of benzene rings is 1. The summed E-state index contributed by atoms with van der Waals surface area (Å²) in [6, 6.07) is 7.51. The molecule has 5 nitrogen and oxygen atoms in total. The fourth-order valence-corrected chi connectivity index (χ4v) is 2.23. The van der Waals surface area contributed by atoms with Gasteiger partial charge in [-0.1, -0.05) is 24.3 Å². The van der Waals surface area contributed by atoms with Crippen LogP contribution in [0.25, 0.3) is 0 Å². The molecule has 0 bridgehead atoms. The SMILES string of the molecule is NCc1ccccc1CC(=O)N(CC(=O)O)CC1CC1. The van der Waals surface area contributed by atoms with E-state index in [9.17, 15) is 9.59 Å². The van der Waals surface area contributed by atoms with Crippen molar-refractivity contribution < 1.29 is 14.7 Å². The highest BCUT2D eigenvalue weighted by Crippen LogP contribution is 2.29. The Labute approximate surface area is 118 Å². The van der Waals surface area contributed by atoms with Crippen LogP contribution in [0.15, 0.2) is 24.3 Å². The van der Waals surface area contributed by atoms with Crippen molar-refractivity contribution in [3.05, 3.63) is 35.4 Å². The molecule has 0 heterocycles. The van der Waals surface area contributed by atoms with Crippen LogP contribution >= 0.6 is 0 Å². The molecular weight excluding hydrogens is 256 g/mol. The molecule has 0 aliphatic heterocycles. The third-order valence-corrected chi connectivity index (χ3v) is 3.53. The highest BCUT2D eigenvalue weighted by molar-refractivity contribution is 5.83. The third kappa shape index (κ3) is 4.06. The number of nitrogens with two attached hydrogens (primary N) is 1. The number of aliphatic carboxylic acids is 1. The summed E-state index contributed by atoms with van der Waals surface area (Å²) in [6.45, 7) is 0.709. The molecule has 2 rings (SSSR count). The van der Waals surface area contributed by atoms with Crippen molar-refractivity contribution in [2.75, 3.05) is 13.1 Å². The smallest absolute Gasteiger partial charge is 0.323 e. The average molecular weight is 276 g/mol. The maximum absolute atomic E-state index is 12.3. The fraction of sp³-hybridized carbons (Fsp3) is 0.467. The van der Waals surface area contributed by atoms with Gasteiger partial charge in [-0.25, -0.2) is 0 Å². The average Bonchev–Trinajstić information content (AvgIpc) is 3.22. The second-order valence-electron chi connectivity index (χ2n) is 5.26. The molecule has 1 aliphatic carbocycles. The van der Waals surface area contributed by atoms with Crippen LogP contribution in [0.2, 0.25) is 0 Å². The molecule has 108 valence electrons. The van der Waals surface area contributed by atoms with Crippen molar-refractivity contribution in [3.63, 3.8) is 0 Å². The molecule has 0 aromatic heterocycles. The Morgan fingerprint density at radius 3 is 2.45 bits per heavy atom. The van der Waals surface area contributed by atoms with Crippen molar-refractivity contribution in [1.82, 2.24) is 4.90 Å². The van der Waals surface area contributed by atoms with Gasteiger partial charge in [-0.05, 0) is 29.9 Å². The van der Waals surface area contributed by atoms with Crippen LogP contribution < -0.4 is 5.73 Å². The third-order valence-electron chi connectivity index (χ3n) is 3.53. The van der Waals surface area contributed by atoms with Gasteiger partial charge in [-0.2, -0.15) is 0 Å². The van der Waals surface area contributed by atoms with Crippen LogP contribution in [-0.2, 0) is 22.6 Å². The van der Waals surface area contributed by atoms with E-state index in [2.05, 4.69) is 0 Å². The van der Waals surface area contributed by atoms with Gasteiger partial charge in [0.1, 0.15) is 6.54 Å². The number of carboxylic acid groups (broad SMARTS) is 1. The Bertz CT molecular complexity index is 498. The number of hydrogen-bond acceptors (Lipinski definition) is 3. The number of amides is 1. The zero-order valence-electron chi connectivity index (χ0n) is 11.4. The molecule has 1 aromatic rings. The number of carboxylic acids is 1. The summed E-state index contributed by atoms with van der Waals surface area (Å²) in [4.78, 5) is 24.6. The Morgan fingerprint density at radius 1 is 1.25 bits per heavy atom. The van der Waals surface area contributed by atoms with Gasteiger partial charge < -0.3 is 15.7 Å². The lowest BCUT2D eigenvalue weighted by Crippen LogP contribution is -2.38. The molecule has 20 heavy (non-hydrogen) atoms. The molecule has 0 saturated heterocycles. The second kappa shape index (κ2) is 6.52. The number of hydrogen-bond donors (Lipinski definition) is 2. The van der Waals surface area contributed by atoms with Gasteiger partial charge in [-0.15, -0.1) is 0 Å². The molecule has 0 spiro atoms. The van der Waals surface area contributed by atoms with Crippen molar-refractivity contribution in [1.29, 1.82) is 0 Å². The molecule has 0 radical (unpaired) electrons. The molecule has 1 aromatic carbocycles. The highest BCUT2D eigenvalue weighted by atomic mass is 16.4. The predicted octanol–water partition coefficient (Wildman–Crippen LogP) is 1.01. The van der Waals surface area contributed by atoms with Gasteiger partial charge in [0.2, 0.25) is 5.91 Å². The first-order chi connectivity index (χ1) is 9.60. The van der Waals surface area contributed by atoms with Crippen LogP contribution in [0, 0.1) is 5.92 Å². The normalized spacial score (nSPS) is 14.1. The Kier molecular flexibility index (Phi) is 4.74. The van der Waals surface area contributed by atoms with Gasteiger partial charge in [0.05, 0.1) is 6.42 Å². The predicted molar refractivity (Wildman–Crippen MR) is 75.0 cm³/mol. The van der Waals surface area contributed by atoms with E-state index in [1.54, 1.807) is 0 Å². The molecule has 0 unspecified atom stereocenters. The minimum atomic E-state index is -0.967. The number of rotatable bonds is 7. The lowest BCUT2D eigenvalue weighted by Gasteiger charge is -2.21. The first-order valence-corrected chi connectivity index (χ1v) is 6.86. The fourth-order valence-electron chi connectivity index (χ4n) is 2.23. The lowest BCUT2D eigenvalue weighted by molar-refractivity contribution is -0.144. The number of carbonyl (C=O) groups is 2. The van der Waals surface area contributed by atoms with E-state index in [0.717, 1.165) is 24.0 Å². The van der Waals surface area contributed by atoms with Gasteiger partial charge in [0.25, 0.3) is 0 Å². The van der Waals surface area contributed by atoms with Crippen molar-refractivity contribution >= 4 is 11.9 Å². The molecule has 1 aliphatic rings. The lowest BCUT2D eigenvalue weighted by atomic mass is 10.0.